The van der Waals surface area contributed by atoms with Crippen LogP contribution in [0.3, 0.4) is 0 Å². The molecule has 0 aliphatic heterocycles. The van der Waals surface area contributed by atoms with E-state index in [1.165, 1.54) is 6.42 Å². The van der Waals surface area contributed by atoms with Gasteiger partial charge < -0.3 is 5.32 Å². The number of rotatable bonds is 6. The van der Waals surface area contributed by atoms with E-state index < -0.39 is 10.0 Å². The minimum atomic E-state index is -3.22. The predicted molar refractivity (Wildman–Crippen MR) is 80.6 cm³/mol. The Labute approximate surface area is 118 Å². The Morgan fingerprint density at radius 1 is 1.16 bits per heavy atom. The molecule has 1 aliphatic carbocycles. The lowest BCUT2D eigenvalue weighted by Crippen LogP contribution is -2.48. The standard InChI is InChI=1S/C14H30N2O2S/c1-10(2)15-9-12(4)19(17,18)16-14-8-6-7-11(3)13(14)5/h10-16H,6-9H2,1-5H3. The van der Waals surface area contributed by atoms with Crippen LogP contribution in [0, 0.1) is 11.8 Å². The molecule has 1 rings (SSSR count). The minimum absolute atomic E-state index is 0.107. The fourth-order valence-electron chi connectivity index (χ4n) is 2.59. The Balaban J connectivity index is 2.58. The number of nitrogens with one attached hydrogen (secondary N) is 2. The van der Waals surface area contributed by atoms with Gasteiger partial charge in [-0.25, -0.2) is 13.1 Å². The first-order valence-corrected chi connectivity index (χ1v) is 9.03. The normalized spacial score (nSPS) is 30.5. The predicted octanol–water partition coefficient (Wildman–Crippen LogP) is 2.12. The summed E-state index contributed by atoms with van der Waals surface area (Å²) in [6.07, 6.45) is 3.30. The lowest BCUT2D eigenvalue weighted by Gasteiger charge is -2.35. The van der Waals surface area contributed by atoms with Crippen LogP contribution < -0.4 is 10.0 Å². The molecule has 1 aliphatic rings. The van der Waals surface area contributed by atoms with Crippen molar-refractivity contribution in [2.75, 3.05) is 6.54 Å². The molecular formula is C14H30N2O2S. The summed E-state index contributed by atoms with van der Waals surface area (Å²) in [7, 11) is -3.22. The smallest absolute Gasteiger partial charge is 0.215 e. The summed E-state index contributed by atoms with van der Waals surface area (Å²) < 4.78 is 27.6. The Hall–Kier alpha value is -0.130. The highest BCUT2D eigenvalue weighted by Crippen LogP contribution is 2.30. The number of hydrogen-bond donors (Lipinski definition) is 2. The van der Waals surface area contributed by atoms with Crippen LogP contribution in [0.1, 0.15) is 53.9 Å². The Bertz CT molecular complexity index is 368. The zero-order chi connectivity index (χ0) is 14.6. The average Bonchev–Trinajstić information content (AvgIpc) is 2.31. The number of hydrogen-bond acceptors (Lipinski definition) is 3. The van der Waals surface area contributed by atoms with E-state index in [0.29, 0.717) is 24.4 Å². The van der Waals surface area contributed by atoms with Gasteiger partial charge in [0.25, 0.3) is 0 Å². The van der Waals surface area contributed by atoms with E-state index >= 15 is 0 Å². The molecular weight excluding hydrogens is 260 g/mol. The van der Waals surface area contributed by atoms with E-state index in [1.807, 2.05) is 13.8 Å². The topological polar surface area (TPSA) is 58.2 Å². The summed E-state index contributed by atoms with van der Waals surface area (Å²) >= 11 is 0. The summed E-state index contributed by atoms with van der Waals surface area (Å²) in [6.45, 7) is 10.7. The molecule has 4 atom stereocenters. The van der Waals surface area contributed by atoms with Gasteiger partial charge in [0.15, 0.2) is 0 Å². The Morgan fingerprint density at radius 2 is 1.79 bits per heavy atom. The average molecular weight is 290 g/mol. The van der Waals surface area contributed by atoms with Gasteiger partial charge in [-0.1, -0.05) is 40.5 Å². The van der Waals surface area contributed by atoms with E-state index in [2.05, 4.69) is 23.9 Å². The second-order valence-corrected chi connectivity index (χ2v) is 8.54. The maximum atomic E-state index is 12.3. The molecule has 0 radical (unpaired) electrons. The van der Waals surface area contributed by atoms with Gasteiger partial charge in [0.2, 0.25) is 10.0 Å². The summed E-state index contributed by atoms with van der Waals surface area (Å²) in [5, 5.41) is 2.80. The van der Waals surface area contributed by atoms with E-state index in [1.54, 1.807) is 6.92 Å². The molecule has 4 unspecified atom stereocenters. The molecule has 0 aromatic carbocycles. The van der Waals surface area contributed by atoms with Crippen molar-refractivity contribution in [2.45, 2.75) is 71.2 Å². The summed E-state index contributed by atoms with van der Waals surface area (Å²) in [6, 6.07) is 0.418. The van der Waals surface area contributed by atoms with Gasteiger partial charge in [0.1, 0.15) is 0 Å². The van der Waals surface area contributed by atoms with Crippen molar-refractivity contribution in [3.05, 3.63) is 0 Å². The highest BCUT2D eigenvalue weighted by Gasteiger charge is 2.32. The van der Waals surface area contributed by atoms with Crippen LogP contribution in [-0.4, -0.2) is 32.3 Å². The summed E-state index contributed by atoms with van der Waals surface area (Å²) in [5.74, 6) is 1.03. The molecule has 0 bridgehead atoms. The van der Waals surface area contributed by atoms with Crippen molar-refractivity contribution >= 4 is 10.0 Å². The second kappa shape index (κ2) is 7.04. The highest BCUT2D eigenvalue weighted by molar-refractivity contribution is 7.90. The molecule has 0 amide bonds. The van der Waals surface area contributed by atoms with Crippen molar-refractivity contribution in [1.82, 2.24) is 10.0 Å². The van der Waals surface area contributed by atoms with Crippen LogP contribution in [-0.2, 0) is 10.0 Å². The Kier molecular flexibility index (Phi) is 6.27. The van der Waals surface area contributed by atoms with Gasteiger partial charge in [0.05, 0.1) is 5.25 Å². The summed E-state index contributed by atoms with van der Waals surface area (Å²) in [5.41, 5.74) is 0. The van der Waals surface area contributed by atoms with E-state index in [4.69, 9.17) is 0 Å². The van der Waals surface area contributed by atoms with Crippen molar-refractivity contribution in [1.29, 1.82) is 0 Å². The SMILES string of the molecule is CC(C)NCC(C)S(=O)(=O)NC1CCCC(C)C1C. The zero-order valence-electron chi connectivity index (χ0n) is 12.9. The molecule has 114 valence electrons. The van der Waals surface area contributed by atoms with Crippen molar-refractivity contribution in [3.8, 4) is 0 Å². The molecule has 2 N–H and O–H groups in total. The zero-order valence-corrected chi connectivity index (χ0v) is 13.8. The van der Waals surface area contributed by atoms with Gasteiger partial charge in [-0.2, -0.15) is 0 Å². The fraction of sp³-hybridized carbons (Fsp3) is 1.00. The third-order valence-electron chi connectivity index (χ3n) is 4.37. The minimum Gasteiger partial charge on any atom is -0.313 e. The van der Waals surface area contributed by atoms with Crippen LogP contribution in [0.25, 0.3) is 0 Å². The first-order chi connectivity index (χ1) is 8.74. The second-order valence-electron chi connectivity index (χ2n) is 6.41. The van der Waals surface area contributed by atoms with Crippen LogP contribution >= 0.6 is 0 Å². The van der Waals surface area contributed by atoms with Gasteiger partial charge in [-0.3, -0.25) is 0 Å². The lowest BCUT2D eigenvalue weighted by atomic mass is 9.78. The van der Waals surface area contributed by atoms with E-state index in [-0.39, 0.29) is 11.3 Å². The molecule has 0 heterocycles. The molecule has 0 saturated heterocycles. The highest BCUT2D eigenvalue weighted by atomic mass is 32.2. The quantitative estimate of drug-likeness (QED) is 0.788. The summed E-state index contributed by atoms with van der Waals surface area (Å²) in [4.78, 5) is 0. The molecule has 1 fully saturated rings. The van der Waals surface area contributed by atoms with Crippen molar-refractivity contribution in [3.63, 3.8) is 0 Å². The first kappa shape index (κ1) is 16.9. The third kappa shape index (κ3) is 5.04. The van der Waals surface area contributed by atoms with E-state index in [9.17, 15) is 8.42 Å². The molecule has 0 aromatic rings. The van der Waals surface area contributed by atoms with Gasteiger partial charge >= 0.3 is 0 Å². The van der Waals surface area contributed by atoms with Crippen molar-refractivity contribution < 1.29 is 8.42 Å². The van der Waals surface area contributed by atoms with Gasteiger partial charge in [-0.05, 0) is 25.2 Å². The molecule has 4 nitrogen and oxygen atoms in total. The van der Waals surface area contributed by atoms with Crippen molar-refractivity contribution in [2.24, 2.45) is 11.8 Å². The molecule has 0 spiro atoms. The maximum Gasteiger partial charge on any atom is 0.215 e. The largest absolute Gasteiger partial charge is 0.313 e. The molecule has 1 saturated carbocycles. The molecule has 19 heavy (non-hydrogen) atoms. The third-order valence-corrected chi connectivity index (χ3v) is 6.22. The first-order valence-electron chi connectivity index (χ1n) is 7.48. The monoisotopic (exact) mass is 290 g/mol. The number of sulfonamides is 1. The van der Waals surface area contributed by atoms with Crippen LogP contribution in [0.5, 0.6) is 0 Å². The lowest BCUT2D eigenvalue weighted by molar-refractivity contribution is 0.226. The Morgan fingerprint density at radius 3 is 2.37 bits per heavy atom. The molecule has 5 heteroatoms. The van der Waals surface area contributed by atoms with Gasteiger partial charge in [0, 0.05) is 18.6 Å². The van der Waals surface area contributed by atoms with E-state index in [0.717, 1.165) is 12.8 Å². The van der Waals surface area contributed by atoms with Crippen LogP contribution in [0.4, 0.5) is 0 Å². The van der Waals surface area contributed by atoms with Crippen LogP contribution in [0.15, 0.2) is 0 Å². The fourth-order valence-corrected chi connectivity index (χ4v) is 3.89. The maximum absolute atomic E-state index is 12.3. The van der Waals surface area contributed by atoms with Crippen LogP contribution in [0.2, 0.25) is 0 Å². The molecule has 0 aromatic heterocycles. The van der Waals surface area contributed by atoms with Gasteiger partial charge in [-0.15, -0.1) is 0 Å².